The van der Waals surface area contributed by atoms with E-state index in [-0.39, 0.29) is 22.5 Å². The largest absolute Gasteiger partial charge is 0.490 e. The van der Waals surface area contributed by atoms with E-state index in [1.165, 1.54) is 21.0 Å². The molecule has 0 aliphatic carbocycles. The Morgan fingerprint density at radius 1 is 0.970 bits per heavy atom. The summed E-state index contributed by atoms with van der Waals surface area (Å²) in [5, 5.41) is 0.215. The molecule has 0 amide bonds. The highest BCUT2D eigenvalue weighted by Gasteiger charge is 2.49. The predicted molar refractivity (Wildman–Crippen MR) is 119 cm³/mol. The van der Waals surface area contributed by atoms with Crippen molar-refractivity contribution in [3.63, 3.8) is 0 Å². The van der Waals surface area contributed by atoms with E-state index in [1.54, 1.807) is 38.1 Å². The molecule has 33 heavy (non-hydrogen) atoms. The number of hydrogen-bond donors (Lipinski definition) is 0. The summed E-state index contributed by atoms with van der Waals surface area (Å²) in [5.74, 6) is -0.525. The molecule has 0 saturated carbocycles. The van der Waals surface area contributed by atoms with E-state index < -0.39 is 35.2 Å². The van der Waals surface area contributed by atoms with Gasteiger partial charge in [0.2, 0.25) is 11.2 Å². The Balaban J connectivity index is 2.07. The van der Waals surface area contributed by atoms with Crippen LogP contribution in [0.3, 0.4) is 0 Å². The first-order valence-corrected chi connectivity index (χ1v) is 10.4. The second-order valence-electron chi connectivity index (χ2n) is 8.28. The van der Waals surface area contributed by atoms with Crippen molar-refractivity contribution in [3.05, 3.63) is 58.3 Å². The van der Waals surface area contributed by atoms with Crippen LogP contribution in [0.1, 0.15) is 39.4 Å². The van der Waals surface area contributed by atoms with Crippen molar-refractivity contribution in [2.24, 2.45) is 0 Å². The smallest absolute Gasteiger partial charge is 0.303 e. The van der Waals surface area contributed by atoms with Crippen LogP contribution in [-0.4, -0.2) is 30.8 Å². The molecule has 0 bridgehead atoms. The zero-order valence-corrected chi connectivity index (χ0v) is 19.0. The minimum absolute atomic E-state index is 0.0475. The fraction of sp³-hybridized carbons (Fsp3) is 0.320. The lowest BCUT2D eigenvalue weighted by Crippen LogP contribution is -2.52. The van der Waals surface area contributed by atoms with Gasteiger partial charge in [0.15, 0.2) is 18.0 Å². The lowest BCUT2D eigenvalue weighted by molar-refractivity contribution is -0.187. The molecule has 2 aromatic carbocycles. The summed E-state index contributed by atoms with van der Waals surface area (Å²) in [6.07, 6.45) is -2.04. The molecule has 0 N–H and O–H groups in total. The zero-order chi connectivity index (χ0) is 23.9. The van der Waals surface area contributed by atoms with Crippen LogP contribution in [0.4, 0.5) is 0 Å². The molecular weight excluding hydrogens is 428 g/mol. The standard InChI is InChI=1S/C25H24O8/c1-13(26)30-22-18-17(33-25(3,4)24(22)31-14(2)27)12-11-16-19(28)23(29-5)20(32-21(16)18)15-9-7-6-8-10-15/h6-12,22,24H,1-5H3/t22-,24-/m1/s1. The van der Waals surface area contributed by atoms with Gasteiger partial charge in [0.05, 0.1) is 18.1 Å². The van der Waals surface area contributed by atoms with Crippen LogP contribution in [0.25, 0.3) is 22.3 Å². The van der Waals surface area contributed by atoms with Crippen LogP contribution in [0, 0.1) is 0 Å². The maximum Gasteiger partial charge on any atom is 0.303 e. The number of esters is 2. The van der Waals surface area contributed by atoms with Crippen LogP contribution in [0.2, 0.25) is 0 Å². The molecule has 2 heterocycles. The monoisotopic (exact) mass is 452 g/mol. The molecule has 1 aliphatic rings. The quantitative estimate of drug-likeness (QED) is 0.544. The average molecular weight is 452 g/mol. The lowest BCUT2D eigenvalue weighted by Gasteiger charge is -2.43. The molecule has 1 aromatic heterocycles. The Labute approximate surface area is 190 Å². The summed E-state index contributed by atoms with van der Waals surface area (Å²) in [4.78, 5) is 37.3. The van der Waals surface area contributed by atoms with Crippen LogP contribution in [0.15, 0.2) is 51.7 Å². The van der Waals surface area contributed by atoms with Gasteiger partial charge >= 0.3 is 11.9 Å². The molecule has 172 valence electrons. The second-order valence-corrected chi connectivity index (χ2v) is 8.28. The molecule has 0 spiro atoms. The van der Waals surface area contributed by atoms with Crippen molar-refractivity contribution in [3.8, 4) is 22.8 Å². The predicted octanol–water partition coefficient (Wildman–Crippen LogP) is 4.18. The normalized spacial score (nSPS) is 18.7. The highest BCUT2D eigenvalue weighted by Crippen LogP contribution is 2.47. The van der Waals surface area contributed by atoms with E-state index in [4.69, 9.17) is 23.4 Å². The Hall–Kier alpha value is -3.81. The Morgan fingerprint density at radius 2 is 1.64 bits per heavy atom. The average Bonchev–Trinajstić information content (AvgIpc) is 2.75. The van der Waals surface area contributed by atoms with Crippen LogP contribution < -0.4 is 14.9 Å². The summed E-state index contributed by atoms with van der Waals surface area (Å²) in [5.41, 5.74) is -0.317. The Morgan fingerprint density at radius 3 is 2.24 bits per heavy atom. The van der Waals surface area contributed by atoms with Crippen LogP contribution >= 0.6 is 0 Å². The number of carbonyl (C=O) groups is 2. The van der Waals surface area contributed by atoms with Crippen molar-refractivity contribution < 1.29 is 33.0 Å². The number of methoxy groups -OCH3 is 1. The fourth-order valence-corrected chi connectivity index (χ4v) is 4.11. The maximum atomic E-state index is 13.3. The summed E-state index contributed by atoms with van der Waals surface area (Å²) in [7, 11) is 1.40. The summed E-state index contributed by atoms with van der Waals surface area (Å²) < 4.78 is 28.9. The minimum Gasteiger partial charge on any atom is -0.490 e. The van der Waals surface area contributed by atoms with Crippen molar-refractivity contribution in [2.45, 2.75) is 45.5 Å². The summed E-state index contributed by atoms with van der Waals surface area (Å²) in [6, 6.07) is 12.2. The van der Waals surface area contributed by atoms with Gasteiger partial charge in [-0.3, -0.25) is 14.4 Å². The number of ether oxygens (including phenoxy) is 4. The molecule has 3 aromatic rings. The number of hydrogen-bond acceptors (Lipinski definition) is 8. The second kappa shape index (κ2) is 8.27. The van der Waals surface area contributed by atoms with Gasteiger partial charge in [0.25, 0.3) is 0 Å². The molecule has 0 radical (unpaired) electrons. The van der Waals surface area contributed by atoms with E-state index in [9.17, 15) is 14.4 Å². The van der Waals surface area contributed by atoms with Crippen LogP contribution in [-0.2, 0) is 19.1 Å². The molecule has 1 aliphatic heterocycles. The first kappa shape index (κ1) is 22.4. The third kappa shape index (κ3) is 3.92. The molecule has 8 heteroatoms. The van der Waals surface area contributed by atoms with Gasteiger partial charge in [-0.1, -0.05) is 30.3 Å². The highest BCUT2D eigenvalue weighted by molar-refractivity contribution is 5.87. The third-order valence-electron chi connectivity index (χ3n) is 5.46. The van der Waals surface area contributed by atoms with E-state index in [0.29, 0.717) is 16.9 Å². The van der Waals surface area contributed by atoms with E-state index in [0.717, 1.165) is 0 Å². The minimum atomic E-state index is -1.06. The highest BCUT2D eigenvalue weighted by atomic mass is 16.6. The summed E-state index contributed by atoms with van der Waals surface area (Å²) in [6.45, 7) is 5.97. The van der Waals surface area contributed by atoms with Gasteiger partial charge in [-0.05, 0) is 26.0 Å². The lowest BCUT2D eigenvalue weighted by atomic mass is 9.87. The molecular formula is C25H24O8. The van der Waals surface area contributed by atoms with Crippen molar-refractivity contribution in [2.75, 3.05) is 7.11 Å². The van der Waals surface area contributed by atoms with Crippen LogP contribution in [0.5, 0.6) is 11.5 Å². The molecule has 8 nitrogen and oxygen atoms in total. The Bertz CT molecular complexity index is 1290. The number of fused-ring (bicyclic) bond motifs is 3. The maximum absolute atomic E-state index is 13.3. The van der Waals surface area contributed by atoms with Gasteiger partial charge in [0.1, 0.15) is 16.9 Å². The number of rotatable bonds is 4. The van der Waals surface area contributed by atoms with Gasteiger partial charge in [0, 0.05) is 19.4 Å². The third-order valence-corrected chi connectivity index (χ3v) is 5.46. The number of carbonyl (C=O) groups excluding carboxylic acids is 2. The molecule has 2 atom stereocenters. The van der Waals surface area contributed by atoms with E-state index in [1.807, 2.05) is 18.2 Å². The van der Waals surface area contributed by atoms with Crippen molar-refractivity contribution in [1.29, 1.82) is 0 Å². The van der Waals surface area contributed by atoms with Crippen molar-refractivity contribution in [1.82, 2.24) is 0 Å². The molecule has 4 rings (SSSR count). The zero-order valence-electron chi connectivity index (χ0n) is 19.0. The SMILES string of the molecule is COc1c(-c2ccccc2)oc2c3c(ccc2c1=O)OC(C)(C)[C@H](OC(C)=O)[C@@H]3OC(C)=O. The Kier molecular flexibility index (Phi) is 5.61. The molecule has 0 saturated heterocycles. The van der Waals surface area contributed by atoms with Gasteiger partial charge in [-0.2, -0.15) is 0 Å². The van der Waals surface area contributed by atoms with Gasteiger partial charge in [-0.15, -0.1) is 0 Å². The topological polar surface area (TPSA) is 101 Å². The first-order chi connectivity index (χ1) is 15.6. The van der Waals surface area contributed by atoms with Gasteiger partial charge < -0.3 is 23.4 Å². The van der Waals surface area contributed by atoms with Gasteiger partial charge in [-0.25, -0.2) is 0 Å². The molecule has 0 fully saturated rings. The summed E-state index contributed by atoms with van der Waals surface area (Å²) >= 11 is 0. The van der Waals surface area contributed by atoms with Crippen molar-refractivity contribution >= 4 is 22.9 Å². The number of benzene rings is 2. The fourth-order valence-electron chi connectivity index (χ4n) is 4.11. The molecule has 0 unspecified atom stereocenters. The van der Waals surface area contributed by atoms with E-state index >= 15 is 0 Å². The first-order valence-electron chi connectivity index (χ1n) is 10.4. The van der Waals surface area contributed by atoms with E-state index in [2.05, 4.69) is 0 Å².